The lowest BCUT2D eigenvalue weighted by Crippen LogP contribution is -2.47. The molecule has 11 heteroatoms. The van der Waals surface area contributed by atoms with Gasteiger partial charge in [-0.2, -0.15) is 0 Å². The fourth-order valence-electron chi connectivity index (χ4n) is 5.95. The van der Waals surface area contributed by atoms with Crippen molar-refractivity contribution in [3.8, 4) is 11.4 Å². The molecule has 3 aromatic rings. The maximum atomic E-state index is 13.8. The SMILES string of the molecule is CC[C@@]1(OC(C)=O)C(=O)OCc2c1cc1n(c2=O)Cc2c-1nc1cccc3c1c2N(CCCN(C)C)C(=O)N3. The number of rotatable bonds is 6. The van der Waals surface area contributed by atoms with Crippen LogP contribution in [-0.4, -0.2) is 59.6 Å². The molecule has 0 unspecified atom stereocenters. The van der Waals surface area contributed by atoms with E-state index in [4.69, 9.17) is 14.5 Å². The highest BCUT2D eigenvalue weighted by Crippen LogP contribution is 2.47. The molecule has 0 radical (unpaired) electrons. The van der Waals surface area contributed by atoms with Gasteiger partial charge in [0.25, 0.3) is 5.56 Å². The van der Waals surface area contributed by atoms with E-state index in [-0.39, 0.29) is 36.7 Å². The first-order valence-corrected chi connectivity index (χ1v) is 13.0. The van der Waals surface area contributed by atoms with E-state index in [0.717, 1.165) is 29.6 Å². The highest BCUT2D eigenvalue weighted by Gasteiger charge is 2.50. The first-order valence-electron chi connectivity index (χ1n) is 13.0. The Bertz CT molecular complexity index is 1640. The molecule has 0 bridgehead atoms. The molecule has 202 valence electrons. The molecule has 1 aromatic carbocycles. The van der Waals surface area contributed by atoms with E-state index >= 15 is 0 Å². The van der Waals surface area contributed by atoms with Gasteiger partial charge in [0.2, 0.25) is 5.60 Å². The second kappa shape index (κ2) is 8.91. The maximum absolute atomic E-state index is 13.8. The van der Waals surface area contributed by atoms with Gasteiger partial charge in [-0.1, -0.05) is 13.0 Å². The molecule has 3 aliphatic heterocycles. The number of benzene rings is 1. The number of cyclic esters (lactones) is 1. The molecule has 0 saturated carbocycles. The van der Waals surface area contributed by atoms with Gasteiger partial charge in [0.15, 0.2) is 0 Å². The number of amides is 2. The molecular weight excluding hydrogens is 502 g/mol. The van der Waals surface area contributed by atoms with Crippen LogP contribution in [0, 0.1) is 0 Å². The van der Waals surface area contributed by atoms with Crippen molar-refractivity contribution >= 4 is 40.2 Å². The van der Waals surface area contributed by atoms with E-state index in [9.17, 15) is 19.2 Å². The Labute approximate surface area is 224 Å². The van der Waals surface area contributed by atoms with Crippen LogP contribution in [0.25, 0.3) is 22.3 Å². The number of urea groups is 1. The molecular formula is C28H29N5O6. The van der Waals surface area contributed by atoms with E-state index in [1.165, 1.54) is 6.92 Å². The Morgan fingerprint density at radius 1 is 1.23 bits per heavy atom. The number of pyridine rings is 2. The van der Waals surface area contributed by atoms with Crippen LogP contribution in [-0.2, 0) is 37.8 Å². The lowest BCUT2D eigenvalue weighted by molar-refractivity contribution is -0.188. The third kappa shape index (κ3) is 3.63. The normalized spacial score (nSPS) is 18.9. The molecule has 0 spiro atoms. The van der Waals surface area contributed by atoms with Crippen molar-refractivity contribution in [2.75, 3.05) is 37.4 Å². The van der Waals surface area contributed by atoms with Crippen molar-refractivity contribution in [3.05, 3.63) is 51.3 Å². The minimum atomic E-state index is -1.71. The average Bonchev–Trinajstić information content (AvgIpc) is 3.26. The number of anilines is 2. The predicted molar refractivity (Wildman–Crippen MR) is 144 cm³/mol. The number of ether oxygens (including phenoxy) is 2. The van der Waals surface area contributed by atoms with Crippen LogP contribution in [0.3, 0.4) is 0 Å². The van der Waals surface area contributed by atoms with Crippen molar-refractivity contribution in [2.24, 2.45) is 0 Å². The number of esters is 2. The lowest BCUT2D eigenvalue weighted by atomic mass is 9.85. The van der Waals surface area contributed by atoms with Crippen LogP contribution in [0.5, 0.6) is 0 Å². The summed E-state index contributed by atoms with van der Waals surface area (Å²) in [6, 6.07) is 7.05. The van der Waals surface area contributed by atoms with E-state index in [0.29, 0.717) is 34.7 Å². The summed E-state index contributed by atoms with van der Waals surface area (Å²) < 4.78 is 12.5. The summed E-state index contributed by atoms with van der Waals surface area (Å²) in [5.41, 5.74) is 2.47. The Morgan fingerprint density at radius 2 is 2.03 bits per heavy atom. The van der Waals surface area contributed by atoms with Crippen LogP contribution in [0.1, 0.15) is 43.4 Å². The summed E-state index contributed by atoms with van der Waals surface area (Å²) in [5.74, 6) is -1.35. The van der Waals surface area contributed by atoms with Gasteiger partial charge in [-0.15, -0.1) is 0 Å². The molecule has 5 heterocycles. The van der Waals surface area contributed by atoms with E-state index in [2.05, 4.69) is 10.2 Å². The minimum Gasteiger partial charge on any atom is -0.457 e. The smallest absolute Gasteiger partial charge is 0.355 e. The number of hydrogen-bond acceptors (Lipinski definition) is 8. The Hall–Kier alpha value is -4.25. The van der Waals surface area contributed by atoms with Crippen LogP contribution in [0.2, 0.25) is 0 Å². The maximum Gasteiger partial charge on any atom is 0.355 e. The van der Waals surface area contributed by atoms with Crippen molar-refractivity contribution in [2.45, 2.75) is 45.4 Å². The second-order valence-corrected chi connectivity index (χ2v) is 10.4. The largest absolute Gasteiger partial charge is 0.457 e. The molecule has 2 amide bonds. The van der Waals surface area contributed by atoms with E-state index in [1.807, 2.05) is 32.3 Å². The number of fused-ring (bicyclic) bond motifs is 5. The van der Waals surface area contributed by atoms with Crippen LogP contribution >= 0.6 is 0 Å². The minimum absolute atomic E-state index is 0.105. The monoisotopic (exact) mass is 531 g/mol. The van der Waals surface area contributed by atoms with Gasteiger partial charge in [0, 0.05) is 30.0 Å². The zero-order valence-corrected chi connectivity index (χ0v) is 22.3. The summed E-state index contributed by atoms with van der Waals surface area (Å²) in [5, 5.41) is 3.81. The molecule has 39 heavy (non-hydrogen) atoms. The molecule has 2 aromatic heterocycles. The quantitative estimate of drug-likeness (QED) is 0.377. The van der Waals surface area contributed by atoms with Crippen molar-refractivity contribution < 1.29 is 23.9 Å². The summed E-state index contributed by atoms with van der Waals surface area (Å²) >= 11 is 0. The molecule has 0 fully saturated rings. The molecule has 0 saturated heterocycles. The number of aromatic nitrogens is 2. The Balaban J connectivity index is 1.59. The first kappa shape index (κ1) is 25.1. The highest BCUT2D eigenvalue weighted by atomic mass is 16.6. The third-order valence-corrected chi connectivity index (χ3v) is 7.71. The summed E-state index contributed by atoms with van der Waals surface area (Å²) in [4.78, 5) is 60.9. The van der Waals surface area contributed by atoms with Gasteiger partial charge >= 0.3 is 18.0 Å². The molecule has 11 nitrogen and oxygen atoms in total. The summed E-state index contributed by atoms with van der Waals surface area (Å²) in [6.07, 6.45) is 0.858. The van der Waals surface area contributed by atoms with Gasteiger partial charge in [-0.25, -0.2) is 14.6 Å². The summed E-state index contributed by atoms with van der Waals surface area (Å²) in [6.45, 7) is 4.22. The van der Waals surface area contributed by atoms with Crippen LogP contribution in [0.4, 0.5) is 16.2 Å². The first-order chi connectivity index (χ1) is 18.7. The molecule has 0 aliphatic carbocycles. The summed E-state index contributed by atoms with van der Waals surface area (Å²) in [7, 11) is 3.97. The van der Waals surface area contributed by atoms with E-state index in [1.54, 1.807) is 22.5 Å². The standard InChI is InChI=1S/C28H29N5O6/c1-5-28(39-15(2)34)18-12-21-23-16(13-33(21)25(35)17(18)14-38-26(28)36)24-22-19(29-23)8-6-9-20(22)30-27(37)32(24)11-7-10-31(3)4/h6,8-9,12H,5,7,10-11,13-14H2,1-4H3,(H,30,37)/t28-/m0/s1. The van der Waals surface area contributed by atoms with Gasteiger partial charge in [-0.05, 0) is 51.7 Å². The fraction of sp³-hybridized carbons (Fsp3) is 0.393. The topological polar surface area (TPSA) is 123 Å². The molecule has 6 rings (SSSR count). The van der Waals surface area contributed by atoms with Gasteiger partial charge < -0.3 is 24.3 Å². The zero-order chi connectivity index (χ0) is 27.6. The van der Waals surface area contributed by atoms with E-state index < -0.39 is 17.5 Å². The number of nitrogens with one attached hydrogen (secondary N) is 1. The Morgan fingerprint density at radius 3 is 2.74 bits per heavy atom. The van der Waals surface area contributed by atoms with Gasteiger partial charge in [-0.3, -0.25) is 14.5 Å². The number of carbonyl (C=O) groups is 3. The van der Waals surface area contributed by atoms with Crippen molar-refractivity contribution in [1.82, 2.24) is 14.5 Å². The predicted octanol–water partition coefficient (Wildman–Crippen LogP) is 2.95. The number of nitrogens with zero attached hydrogens (tertiary/aromatic N) is 4. The second-order valence-electron chi connectivity index (χ2n) is 10.4. The molecule has 1 N–H and O–H groups in total. The van der Waals surface area contributed by atoms with Gasteiger partial charge in [0.1, 0.15) is 6.61 Å². The zero-order valence-electron chi connectivity index (χ0n) is 22.3. The molecule has 3 aliphatic rings. The van der Waals surface area contributed by atoms with Crippen LogP contribution in [0.15, 0.2) is 29.1 Å². The fourth-order valence-corrected chi connectivity index (χ4v) is 5.95. The molecule has 1 atom stereocenters. The third-order valence-electron chi connectivity index (χ3n) is 7.71. The Kier molecular flexibility index (Phi) is 5.72. The number of carbonyl (C=O) groups excluding carboxylic acids is 3. The van der Waals surface area contributed by atoms with Crippen molar-refractivity contribution in [3.63, 3.8) is 0 Å². The van der Waals surface area contributed by atoms with Gasteiger partial charge in [0.05, 0.1) is 40.4 Å². The van der Waals surface area contributed by atoms with Crippen LogP contribution < -0.4 is 15.8 Å². The lowest BCUT2D eigenvalue weighted by Gasteiger charge is -2.35. The van der Waals surface area contributed by atoms with Crippen molar-refractivity contribution in [1.29, 1.82) is 0 Å². The number of hydrogen-bond donors (Lipinski definition) is 1. The average molecular weight is 532 g/mol. The highest BCUT2D eigenvalue weighted by molar-refractivity contribution is 6.19.